The van der Waals surface area contributed by atoms with E-state index in [0.717, 1.165) is 5.69 Å². The quantitative estimate of drug-likeness (QED) is 0.762. The first-order chi connectivity index (χ1) is 7.08. The molecule has 4 heteroatoms. The standard InChI is InChI=1S/C11H9ClN2O/c1-6-4-9(11(13)15)8-5-7(12)2-3-10(8)14-6/h2-5,14H,1H2,(H2,13,15). The van der Waals surface area contributed by atoms with Crippen molar-refractivity contribution in [2.45, 2.75) is 0 Å². The third kappa shape index (κ3) is 1.74. The Balaban J connectivity index is 2.63. The van der Waals surface area contributed by atoms with E-state index >= 15 is 0 Å². The number of benzene rings is 1. The molecule has 1 aliphatic heterocycles. The number of carbonyl (C=O) groups excluding carboxylic acids is 1. The number of hydrogen-bond acceptors (Lipinski definition) is 2. The Bertz CT molecular complexity index is 491. The smallest absolute Gasteiger partial charge is 0.249 e. The second-order valence-corrected chi connectivity index (χ2v) is 3.70. The van der Waals surface area contributed by atoms with Crippen LogP contribution in [0.3, 0.4) is 0 Å². The SMILES string of the molecule is C=C1C=C(C(N)=O)c2cc(Cl)ccc2N1. The van der Waals surface area contributed by atoms with Gasteiger partial charge in [0.05, 0.1) is 5.57 Å². The Morgan fingerprint density at radius 2 is 2.20 bits per heavy atom. The molecule has 0 radical (unpaired) electrons. The van der Waals surface area contributed by atoms with Gasteiger partial charge in [0.2, 0.25) is 5.91 Å². The average molecular weight is 221 g/mol. The number of allylic oxidation sites excluding steroid dienone is 1. The summed E-state index contributed by atoms with van der Waals surface area (Å²) in [6.07, 6.45) is 1.61. The lowest BCUT2D eigenvalue weighted by atomic mass is 9.99. The van der Waals surface area contributed by atoms with Crippen LogP contribution in [0.1, 0.15) is 5.56 Å². The number of nitrogens with two attached hydrogens (primary N) is 1. The molecular formula is C11H9ClN2O. The van der Waals surface area contributed by atoms with Gasteiger partial charge in [0.1, 0.15) is 0 Å². The van der Waals surface area contributed by atoms with Gasteiger partial charge in [-0.25, -0.2) is 0 Å². The molecule has 1 aromatic carbocycles. The first-order valence-corrected chi connectivity index (χ1v) is 4.73. The number of hydrogen-bond donors (Lipinski definition) is 2. The Hall–Kier alpha value is -1.74. The molecule has 0 aliphatic carbocycles. The predicted octanol–water partition coefficient (Wildman–Crippen LogP) is 2.15. The van der Waals surface area contributed by atoms with Crippen molar-refractivity contribution < 1.29 is 4.79 Å². The van der Waals surface area contributed by atoms with E-state index in [0.29, 0.717) is 21.9 Å². The maximum Gasteiger partial charge on any atom is 0.249 e. The summed E-state index contributed by atoms with van der Waals surface area (Å²) in [6.45, 7) is 3.74. The number of fused-ring (bicyclic) bond motifs is 1. The molecule has 0 spiro atoms. The zero-order valence-corrected chi connectivity index (χ0v) is 8.64. The number of halogens is 1. The second-order valence-electron chi connectivity index (χ2n) is 3.26. The Morgan fingerprint density at radius 1 is 1.47 bits per heavy atom. The number of rotatable bonds is 1. The van der Waals surface area contributed by atoms with E-state index in [4.69, 9.17) is 17.3 Å². The van der Waals surface area contributed by atoms with Crippen LogP contribution in [0, 0.1) is 0 Å². The molecule has 0 unspecified atom stereocenters. The molecule has 1 amide bonds. The number of nitrogens with one attached hydrogen (secondary N) is 1. The van der Waals surface area contributed by atoms with E-state index in [-0.39, 0.29) is 0 Å². The fourth-order valence-corrected chi connectivity index (χ4v) is 1.69. The summed E-state index contributed by atoms with van der Waals surface area (Å²) in [7, 11) is 0. The second kappa shape index (κ2) is 3.44. The van der Waals surface area contributed by atoms with Gasteiger partial charge >= 0.3 is 0 Å². The maximum absolute atomic E-state index is 11.2. The molecular weight excluding hydrogens is 212 g/mol. The van der Waals surface area contributed by atoms with Crippen LogP contribution in [0.15, 0.2) is 36.6 Å². The van der Waals surface area contributed by atoms with Crippen molar-refractivity contribution in [1.82, 2.24) is 0 Å². The van der Waals surface area contributed by atoms with Crippen LogP contribution in [0.25, 0.3) is 5.57 Å². The fraction of sp³-hybridized carbons (Fsp3) is 0. The molecule has 0 saturated heterocycles. The lowest BCUT2D eigenvalue weighted by Gasteiger charge is -2.19. The van der Waals surface area contributed by atoms with Crippen molar-refractivity contribution in [3.8, 4) is 0 Å². The summed E-state index contributed by atoms with van der Waals surface area (Å²) in [5, 5.41) is 3.60. The van der Waals surface area contributed by atoms with Crippen LogP contribution in [-0.4, -0.2) is 5.91 Å². The summed E-state index contributed by atoms with van der Waals surface area (Å²) < 4.78 is 0. The topological polar surface area (TPSA) is 55.1 Å². The summed E-state index contributed by atoms with van der Waals surface area (Å²) in [5.74, 6) is -0.485. The molecule has 1 heterocycles. The maximum atomic E-state index is 11.2. The van der Waals surface area contributed by atoms with Gasteiger partial charge in [-0.2, -0.15) is 0 Å². The van der Waals surface area contributed by atoms with E-state index in [1.165, 1.54) is 0 Å². The van der Waals surface area contributed by atoms with Crippen LogP contribution < -0.4 is 11.1 Å². The highest BCUT2D eigenvalue weighted by molar-refractivity contribution is 6.31. The highest BCUT2D eigenvalue weighted by atomic mass is 35.5. The molecule has 3 N–H and O–H groups in total. The normalized spacial score (nSPS) is 13.9. The zero-order valence-electron chi connectivity index (χ0n) is 7.88. The zero-order chi connectivity index (χ0) is 11.0. The summed E-state index contributed by atoms with van der Waals surface area (Å²) in [6, 6.07) is 5.23. The largest absolute Gasteiger partial charge is 0.366 e. The molecule has 1 aromatic rings. The third-order valence-corrected chi connectivity index (χ3v) is 2.39. The first kappa shape index (κ1) is 9.80. The van der Waals surface area contributed by atoms with Crippen molar-refractivity contribution in [1.29, 1.82) is 0 Å². The van der Waals surface area contributed by atoms with Crippen LogP contribution in [-0.2, 0) is 4.79 Å². The molecule has 76 valence electrons. The minimum absolute atomic E-state index is 0.427. The third-order valence-electron chi connectivity index (χ3n) is 2.15. The van der Waals surface area contributed by atoms with E-state index in [2.05, 4.69) is 11.9 Å². The number of primary amides is 1. The van der Waals surface area contributed by atoms with Crippen molar-refractivity contribution in [2.75, 3.05) is 5.32 Å². The van der Waals surface area contributed by atoms with E-state index in [1.54, 1.807) is 24.3 Å². The molecule has 3 nitrogen and oxygen atoms in total. The Morgan fingerprint density at radius 3 is 2.87 bits per heavy atom. The van der Waals surface area contributed by atoms with E-state index in [1.807, 2.05) is 0 Å². The van der Waals surface area contributed by atoms with Crippen molar-refractivity contribution in [2.24, 2.45) is 5.73 Å². The Labute approximate surface area is 92.2 Å². The molecule has 15 heavy (non-hydrogen) atoms. The fourth-order valence-electron chi connectivity index (χ4n) is 1.51. The highest BCUT2D eigenvalue weighted by Crippen LogP contribution is 2.32. The van der Waals surface area contributed by atoms with Gasteiger partial charge < -0.3 is 11.1 Å². The molecule has 0 aromatic heterocycles. The van der Waals surface area contributed by atoms with Crippen LogP contribution in [0.4, 0.5) is 5.69 Å². The summed E-state index contributed by atoms with van der Waals surface area (Å²) in [5.41, 5.74) is 7.84. The van der Waals surface area contributed by atoms with E-state index in [9.17, 15) is 4.79 Å². The van der Waals surface area contributed by atoms with Crippen LogP contribution in [0.5, 0.6) is 0 Å². The number of anilines is 1. The minimum Gasteiger partial charge on any atom is -0.366 e. The lowest BCUT2D eigenvalue weighted by Crippen LogP contribution is -2.17. The van der Waals surface area contributed by atoms with Gasteiger partial charge in [-0.1, -0.05) is 18.2 Å². The molecule has 0 atom stereocenters. The minimum atomic E-state index is -0.485. The van der Waals surface area contributed by atoms with Crippen molar-refractivity contribution in [3.63, 3.8) is 0 Å². The molecule has 0 bridgehead atoms. The predicted molar refractivity (Wildman–Crippen MR) is 61.4 cm³/mol. The molecule has 1 aliphatic rings. The van der Waals surface area contributed by atoms with Gasteiger partial charge in [-0.3, -0.25) is 4.79 Å². The monoisotopic (exact) mass is 220 g/mol. The molecule has 2 rings (SSSR count). The summed E-state index contributed by atoms with van der Waals surface area (Å²) >= 11 is 5.85. The summed E-state index contributed by atoms with van der Waals surface area (Å²) in [4.78, 5) is 11.2. The van der Waals surface area contributed by atoms with Gasteiger partial charge in [0.15, 0.2) is 0 Å². The van der Waals surface area contributed by atoms with Gasteiger partial charge in [0, 0.05) is 22.0 Å². The van der Waals surface area contributed by atoms with Crippen LogP contribution in [0.2, 0.25) is 5.02 Å². The highest BCUT2D eigenvalue weighted by Gasteiger charge is 2.17. The lowest BCUT2D eigenvalue weighted by molar-refractivity contribution is -0.112. The van der Waals surface area contributed by atoms with E-state index < -0.39 is 5.91 Å². The molecule has 0 fully saturated rings. The Kier molecular flexibility index (Phi) is 2.25. The van der Waals surface area contributed by atoms with Crippen molar-refractivity contribution in [3.05, 3.63) is 47.1 Å². The van der Waals surface area contributed by atoms with Gasteiger partial charge in [-0.05, 0) is 24.3 Å². The van der Waals surface area contributed by atoms with Crippen LogP contribution >= 0.6 is 11.6 Å². The first-order valence-electron chi connectivity index (χ1n) is 4.35. The van der Waals surface area contributed by atoms with Gasteiger partial charge in [0.25, 0.3) is 0 Å². The number of amides is 1. The number of carbonyl (C=O) groups is 1. The average Bonchev–Trinajstić information content (AvgIpc) is 2.17. The molecule has 0 saturated carbocycles. The van der Waals surface area contributed by atoms with Gasteiger partial charge in [-0.15, -0.1) is 0 Å². The van der Waals surface area contributed by atoms with Crippen molar-refractivity contribution >= 4 is 28.8 Å².